The lowest BCUT2D eigenvalue weighted by Gasteiger charge is -2.73. The standard InChI is InChI=1S/C16H36N.C6H9BF3O2S/c1-5-9-13-17(14-10-6-2,15-11-7-3)16-12-8-4;1-13(11,12)6-2-5(3-6,4-6)7(8,9)10/h5-16H2,1-4H3;2-4H2,1H3/q+1;-1. The van der Waals surface area contributed by atoms with Gasteiger partial charge in [-0.3, -0.25) is 0 Å². The molecule has 0 heterocycles. The maximum Gasteiger partial charge on any atom is 0.484 e. The van der Waals surface area contributed by atoms with E-state index < -0.39 is 26.9 Å². The second-order valence-electron chi connectivity index (χ2n) is 10.1. The monoisotopic (exact) mass is 455 g/mol. The molecule has 0 aliphatic heterocycles. The zero-order chi connectivity index (χ0) is 23.1. The first-order valence-corrected chi connectivity index (χ1v) is 14.0. The van der Waals surface area contributed by atoms with Crippen molar-refractivity contribution in [1.82, 2.24) is 0 Å². The number of rotatable bonds is 14. The lowest BCUT2D eigenvalue weighted by molar-refractivity contribution is -0.929. The quantitative estimate of drug-likeness (QED) is 0.220. The Balaban J connectivity index is 0.000000308. The van der Waals surface area contributed by atoms with Gasteiger partial charge in [0, 0.05) is 6.26 Å². The molecule has 3 aliphatic carbocycles. The third-order valence-corrected chi connectivity index (χ3v) is 9.45. The predicted molar refractivity (Wildman–Crippen MR) is 123 cm³/mol. The molecule has 0 unspecified atom stereocenters. The van der Waals surface area contributed by atoms with Crippen molar-refractivity contribution >= 4 is 16.8 Å². The Morgan fingerprint density at radius 3 is 1.23 bits per heavy atom. The third-order valence-electron chi connectivity index (χ3n) is 7.45. The molecule has 3 saturated carbocycles. The average molecular weight is 455 g/mol. The molecule has 30 heavy (non-hydrogen) atoms. The van der Waals surface area contributed by atoms with Gasteiger partial charge in [-0.15, -0.1) is 0 Å². The molecule has 3 nitrogen and oxygen atoms in total. The van der Waals surface area contributed by atoms with Gasteiger partial charge in [0.25, 0.3) is 0 Å². The maximum absolute atomic E-state index is 12.3. The molecule has 0 saturated heterocycles. The molecule has 0 aromatic rings. The Hall–Kier alpha value is -0.235. The van der Waals surface area contributed by atoms with Crippen molar-refractivity contribution in [1.29, 1.82) is 0 Å². The van der Waals surface area contributed by atoms with Crippen LogP contribution in [0.2, 0.25) is 5.31 Å². The van der Waals surface area contributed by atoms with Crippen molar-refractivity contribution in [3.05, 3.63) is 0 Å². The van der Waals surface area contributed by atoms with E-state index >= 15 is 0 Å². The summed E-state index contributed by atoms with van der Waals surface area (Å²) in [5, 5.41) is -1.59. The van der Waals surface area contributed by atoms with Gasteiger partial charge in [-0.2, -0.15) is 0 Å². The Kier molecular flexibility index (Phi) is 10.3. The van der Waals surface area contributed by atoms with Gasteiger partial charge in [0.1, 0.15) is 0 Å². The third kappa shape index (κ3) is 6.40. The van der Waals surface area contributed by atoms with Crippen molar-refractivity contribution < 1.29 is 25.8 Å². The maximum atomic E-state index is 12.3. The summed E-state index contributed by atoms with van der Waals surface area (Å²) in [6.07, 6.45) is 11.5. The average Bonchev–Trinajstić information content (AvgIpc) is 2.56. The lowest BCUT2D eigenvalue weighted by Crippen LogP contribution is -2.72. The summed E-state index contributed by atoms with van der Waals surface area (Å²) < 4.78 is 59.6. The van der Waals surface area contributed by atoms with Gasteiger partial charge in [-0.25, -0.2) is 8.42 Å². The zero-order valence-electron chi connectivity index (χ0n) is 20.0. The van der Waals surface area contributed by atoms with Gasteiger partial charge in [-0.05, 0) is 25.7 Å². The fraction of sp³-hybridized carbons (Fsp3) is 1.00. The summed E-state index contributed by atoms with van der Waals surface area (Å²) in [6, 6.07) is 0. The molecule has 8 heteroatoms. The molecule has 3 rings (SSSR count). The van der Waals surface area contributed by atoms with Crippen LogP contribution in [0.5, 0.6) is 0 Å². The molecule has 0 N–H and O–H groups in total. The Labute approximate surface area is 183 Å². The van der Waals surface area contributed by atoms with Crippen LogP contribution < -0.4 is 0 Å². The first-order valence-electron chi connectivity index (χ1n) is 12.1. The van der Waals surface area contributed by atoms with Crippen LogP contribution >= 0.6 is 0 Å². The minimum absolute atomic E-state index is 0.192. The van der Waals surface area contributed by atoms with E-state index in [2.05, 4.69) is 27.7 Å². The zero-order valence-corrected chi connectivity index (χ0v) is 20.8. The molecule has 0 amide bonds. The molecule has 0 radical (unpaired) electrons. The van der Waals surface area contributed by atoms with E-state index in [-0.39, 0.29) is 19.3 Å². The van der Waals surface area contributed by atoms with E-state index in [1.54, 1.807) is 0 Å². The van der Waals surface area contributed by atoms with E-state index in [0.717, 1.165) is 6.26 Å². The molecule has 0 aromatic heterocycles. The van der Waals surface area contributed by atoms with Crippen molar-refractivity contribution in [2.24, 2.45) is 0 Å². The van der Waals surface area contributed by atoms with Crippen LogP contribution in [0, 0.1) is 0 Å². The molecule has 3 aliphatic rings. The molecular weight excluding hydrogens is 410 g/mol. The van der Waals surface area contributed by atoms with Gasteiger partial charge >= 0.3 is 6.98 Å². The van der Waals surface area contributed by atoms with E-state index in [9.17, 15) is 21.4 Å². The molecule has 3 fully saturated rings. The number of halogens is 3. The Bertz CT molecular complexity index is 565. The van der Waals surface area contributed by atoms with E-state index in [0.29, 0.717) is 0 Å². The van der Waals surface area contributed by atoms with Crippen molar-refractivity contribution in [2.45, 2.75) is 108 Å². The van der Waals surface area contributed by atoms with Gasteiger partial charge in [-0.1, -0.05) is 78.0 Å². The highest BCUT2D eigenvalue weighted by Crippen LogP contribution is 2.80. The molecule has 180 valence electrons. The van der Waals surface area contributed by atoms with Crippen molar-refractivity contribution in [3.8, 4) is 0 Å². The van der Waals surface area contributed by atoms with Crippen LogP contribution in [0.1, 0.15) is 98.3 Å². The molecule has 2 bridgehead atoms. The number of hydrogen-bond acceptors (Lipinski definition) is 2. The second kappa shape index (κ2) is 11.1. The highest BCUT2D eigenvalue weighted by atomic mass is 32.2. The van der Waals surface area contributed by atoms with Crippen LogP contribution in [0.3, 0.4) is 0 Å². The fourth-order valence-electron chi connectivity index (χ4n) is 5.15. The normalized spacial score (nSPS) is 25.7. The minimum Gasteiger partial charge on any atom is -0.449 e. The number of sulfone groups is 1. The molecule has 0 spiro atoms. The van der Waals surface area contributed by atoms with Gasteiger partial charge in [0.15, 0.2) is 9.84 Å². The highest BCUT2D eigenvalue weighted by molar-refractivity contribution is 7.92. The van der Waals surface area contributed by atoms with Crippen LogP contribution in [0.4, 0.5) is 12.9 Å². The summed E-state index contributed by atoms with van der Waals surface area (Å²) >= 11 is 0. The van der Waals surface area contributed by atoms with Crippen LogP contribution in [-0.4, -0.2) is 57.1 Å². The molecule has 0 atom stereocenters. The van der Waals surface area contributed by atoms with E-state index in [1.807, 2.05) is 0 Å². The van der Waals surface area contributed by atoms with Crippen LogP contribution in [0.25, 0.3) is 0 Å². The lowest BCUT2D eigenvalue weighted by atomic mass is 9.30. The van der Waals surface area contributed by atoms with Crippen LogP contribution in [-0.2, 0) is 9.84 Å². The van der Waals surface area contributed by atoms with Gasteiger partial charge < -0.3 is 17.4 Å². The smallest absolute Gasteiger partial charge is 0.449 e. The predicted octanol–water partition coefficient (Wildman–Crippen LogP) is 6.56. The summed E-state index contributed by atoms with van der Waals surface area (Å²) in [5.41, 5.74) is 0. The summed E-state index contributed by atoms with van der Waals surface area (Å²) in [7, 11) is -3.29. The Morgan fingerprint density at radius 2 is 1.03 bits per heavy atom. The largest absolute Gasteiger partial charge is 0.484 e. The number of nitrogens with zero attached hydrogens (tertiary/aromatic N) is 1. The fourth-order valence-corrected chi connectivity index (χ4v) is 6.80. The topological polar surface area (TPSA) is 34.1 Å². The highest BCUT2D eigenvalue weighted by Gasteiger charge is 2.77. The van der Waals surface area contributed by atoms with Crippen molar-refractivity contribution in [2.75, 3.05) is 32.4 Å². The minimum atomic E-state index is -4.85. The molecule has 0 aromatic carbocycles. The summed E-state index contributed by atoms with van der Waals surface area (Å²) in [4.78, 5) is 0. The van der Waals surface area contributed by atoms with Gasteiger partial charge in [0.05, 0.1) is 30.9 Å². The van der Waals surface area contributed by atoms with E-state index in [1.165, 1.54) is 82.0 Å². The SMILES string of the molecule is CCCC[N+](CCCC)(CCCC)CCCC.CS(=O)(=O)C12CC([B-](F)(F)F)(C1)C2. The van der Waals surface area contributed by atoms with Crippen molar-refractivity contribution in [3.63, 3.8) is 0 Å². The molecular formula is C22H45BF3NO2S. The first-order chi connectivity index (χ1) is 13.9. The number of hydrogen-bond donors (Lipinski definition) is 0. The summed E-state index contributed by atoms with van der Waals surface area (Å²) in [5.74, 6) is 0. The van der Waals surface area contributed by atoms with Gasteiger partial charge in [0.2, 0.25) is 0 Å². The van der Waals surface area contributed by atoms with E-state index in [4.69, 9.17) is 0 Å². The second-order valence-corrected chi connectivity index (χ2v) is 12.5. The number of unbranched alkanes of at least 4 members (excludes halogenated alkanes) is 4. The van der Waals surface area contributed by atoms with Crippen LogP contribution in [0.15, 0.2) is 0 Å². The summed E-state index contributed by atoms with van der Waals surface area (Å²) in [6.45, 7) is 10.2. The first kappa shape index (κ1) is 27.8. The number of quaternary nitrogens is 1. The Morgan fingerprint density at radius 1 is 0.733 bits per heavy atom.